The third-order valence-corrected chi connectivity index (χ3v) is 5.86. The van der Waals surface area contributed by atoms with Gasteiger partial charge in [0.2, 0.25) is 11.9 Å². The monoisotopic (exact) mass is 486 g/mol. The highest BCUT2D eigenvalue weighted by molar-refractivity contribution is 6.04. The molecule has 182 valence electrons. The van der Waals surface area contributed by atoms with Gasteiger partial charge in [0.05, 0.1) is 28.2 Å². The van der Waals surface area contributed by atoms with Gasteiger partial charge in [0.1, 0.15) is 0 Å². The quantitative estimate of drug-likeness (QED) is 0.522. The van der Waals surface area contributed by atoms with E-state index in [1.807, 2.05) is 0 Å². The lowest BCUT2D eigenvalue weighted by molar-refractivity contribution is -0.137. The summed E-state index contributed by atoms with van der Waals surface area (Å²) in [6.07, 6.45) is -2.10. The minimum absolute atomic E-state index is 0.00925. The molecule has 8 nitrogen and oxygen atoms in total. The summed E-state index contributed by atoms with van der Waals surface area (Å²) >= 11 is 0. The van der Waals surface area contributed by atoms with Crippen LogP contribution in [-0.4, -0.2) is 50.4 Å². The number of imidazole rings is 1. The fraction of sp³-hybridized carbons (Fsp3) is 0.250. The number of carbonyl (C=O) groups excluding carboxylic acids is 2. The molecule has 1 aliphatic rings. The molecular weight excluding hydrogens is 465 g/mol. The number of nitrogens with zero attached hydrogens (tertiary/aromatic N) is 3. The van der Waals surface area contributed by atoms with Gasteiger partial charge in [0.25, 0.3) is 5.91 Å². The number of alkyl halides is 3. The van der Waals surface area contributed by atoms with Crippen LogP contribution in [0.15, 0.2) is 55.1 Å². The zero-order valence-electron chi connectivity index (χ0n) is 18.4. The molecular formula is C24H21F3N4O4. The van der Waals surface area contributed by atoms with E-state index in [9.17, 15) is 32.7 Å². The van der Waals surface area contributed by atoms with Crippen LogP contribution in [0.4, 0.5) is 19.1 Å². The second kappa shape index (κ2) is 9.24. The summed E-state index contributed by atoms with van der Waals surface area (Å²) < 4.78 is 41.0. The van der Waals surface area contributed by atoms with Crippen LogP contribution >= 0.6 is 0 Å². The van der Waals surface area contributed by atoms with E-state index in [0.29, 0.717) is 31.4 Å². The second-order valence-electron chi connectivity index (χ2n) is 8.13. The summed E-state index contributed by atoms with van der Waals surface area (Å²) in [6.45, 7) is 4.34. The number of halogens is 3. The lowest BCUT2D eigenvalue weighted by atomic mass is 10.0. The van der Waals surface area contributed by atoms with Crippen molar-refractivity contribution in [2.24, 2.45) is 0 Å². The summed E-state index contributed by atoms with van der Waals surface area (Å²) in [5, 5.41) is 11.9. The number of nitrogens with one attached hydrogen (secondary N) is 1. The predicted octanol–water partition coefficient (Wildman–Crippen LogP) is 4.36. The van der Waals surface area contributed by atoms with E-state index in [-0.39, 0.29) is 34.5 Å². The first-order chi connectivity index (χ1) is 16.6. The summed E-state index contributed by atoms with van der Waals surface area (Å²) in [7, 11) is 0. The molecule has 3 aromatic rings. The summed E-state index contributed by atoms with van der Waals surface area (Å²) in [4.78, 5) is 42.5. The number of anilines is 1. The normalized spacial score (nSPS) is 16.2. The molecule has 1 aliphatic heterocycles. The van der Waals surface area contributed by atoms with Crippen LogP contribution in [-0.2, 0) is 11.0 Å². The Balaban J connectivity index is 1.75. The third-order valence-electron chi connectivity index (χ3n) is 5.86. The van der Waals surface area contributed by atoms with Crippen molar-refractivity contribution in [1.29, 1.82) is 0 Å². The maximum absolute atomic E-state index is 13.1. The number of piperidine rings is 1. The maximum atomic E-state index is 13.1. The van der Waals surface area contributed by atoms with Gasteiger partial charge < -0.3 is 14.6 Å². The highest BCUT2D eigenvalue weighted by Crippen LogP contribution is 2.32. The average Bonchev–Trinajstić information content (AvgIpc) is 3.20. The van der Waals surface area contributed by atoms with Crippen molar-refractivity contribution in [2.45, 2.75) is 25.1 Å². The first-order valence-electron chi connectivity index (χ1n) is 10.7. The molecule has 4 rings (SSSR count). The Morgan fingerprint density at radius 3 is 2.60 bits per heavy atom. The second-order valence-corrected chi connectivity index (χ2v) is 8.13. The molecule has 0 radical (unpaired) electrons. The topological polar surface area (TPSA) is 105 Å². The molecule has 2 amide bonds. The van der Waals surface area contributed by atoms with Crippen LogP contribution < -0.4 is 5.32 Å². The van der Waals surface area contributed by atoms with Crippen LogP contribution in [0.2, 0.25) is 0 Å². The van der Waals surface area contributed by atoms with E-state index < -0.39 is 23.6 Å². The molecule has 35 heavy (non-hydrogen) atoms. The SMILES string of the molecule is C=CC(=O)N1CCCC(n2c(NC(=O)c3cccc(C(F)(F)F)c3)nc3cc(C(=O)O)ccc32)C1. The molecule has 2 N–H and O–H groups in total. The molecule has 11 heteroatoms. The summed E-state index contributed by atoms with van der Waals surface area (Å²) in [5.74, 6) is -2.16. The maximum Gasteiger partial charge on any atom is 0.416 e. The molecule has 0 bridgehead atoms. The molecule has 1 atom stereocenters. The highest BCUT2D eigenvalue weighted by atomic mass is 19.4. The van der Waals surface area contributed by atoms with Crippen molar-refractivity contribution in [3.05, 3.63) is 71.8 Å². The van der Waals surface area contributed by atoms with Gasteiger partial charge in [-0.15, -0.1) is 0 Å². The van der Waals surface area contributed by atoms with Crippen molar-refractivity contribution in [3.63, 3.8) is 0 Å². The van der Waals surface area contributed by atoms with Crippen molar-refractivity contribution in [2.75, 3.05) is 18.4 Å². The van der Waals surface area contributed by atoms with Crippen LogP contribution in [0.1, 0.15) is 45.2 Å². The Labute approximate surface area is 197 Å². The fourth-order valence-electron chi connectivity index (χ4n) is 4.19. The smallest absolute Gasteiger partial charge is 0.416 e. The molecule has 1 unspecified atom stereocenters. The van der Waals surface area contributed by atoms with Gasteiger partial charge in [-0.05, 0) is 55.3 Å². The number of fused-ring (bicyclic) bond motifs is 1. The molecule has 1 saturated heterocycles. The first-order valence-corrected chi connectivity index (χ1v) is 10.7. The van der Waals surface area contributed by atoms with Crippen molar-refractivity contribution in [1.82, 2.24) is 14.5 Å². The van der Waals surface area contributed by atoms with E-state index in [2.05, 4.69) is 16.9 Å². The lowest BCUT2D eigenvalue weighted by Crippen LogP contribution is -2.40. The fourth-order valence-corrected chi connectivity index (χ4v) is 4.19. The van der Waals surface area contributed by atoms with Gasteiger partial charge in [0, 0.05) is 18.7 Å². The van der Waals surface area contributed by atoms with Crippen molar-refractivity contribution in [3.8, 4) is 0 Å². The van der Waals surface area contributed by atoms with Gasteiger partial charge in [-0.3, -0.25) is 14.9 Å². The van der Waals surface area contributed by atoms with Gasteiger partial charge in [-0.25, -0.2) is 9.78 Å². The van der Waals surface area contributed by atoms with E-state index in [4.69, 9.17) is 0 Å². The molecule has 1 fully saturated rings. The largest absolute Gasteiger partial charge is 0.478 e. The molecule has 1 aromatic heterocycles. The van der Waals surface area contributed by atoms with Gasteiger partial charge >= 0.3 is 12.1 Å². The van der Waals surface area contributed by atoms with Gasteiger partial charge in [-0.2, -0.15) is 13.2 Å². The number of hydrogen-bond donors (Lipinski definition) is 2. The number of amides is 2. The van der Waals surface area contributed by atoms with Gasteiger partial charge in [-0.1, -0.05) is 12.6 Å². The number of carboxylic acids is 1. The number of carboxylic acid groups (broad SMARTS) is 1. The molecule has 0 saturated carbocycles. The number of aromatic carboxylic acids is 1. The van der Waals surface area contributed by atoms with E-state index in [0.717, 1.165) is 18.2 Å². The molecule has 2 heterocycles. The predicted molar refractivity (Wildman–Crippen MR) is 121 cm³/mol. The molecule has 0 spiro atoms. The Morgan fingerprint density at radius 2 is 1.91 bits per heavy atom. The number of hydrogen-bond acceptors (Lipinski definition) is 4. The Kier molecular flexibility index (Phi) is 6.33. The number of benzene rings is 2. The van der Waals surface area contributed by atoms with E-state index in [1.54, 1.807) is 15.5 Å². The molecule has 2 aromatic carbocycles. The van der Waals surface area contributed by atoms with Crippen LogP contribution in [0.5, 0.6) is 0 Å². The number of likely N-dealkylation sites (tertiary alicyclic amines) is 1. The average molecular weight is 486 g/mol. The van der Waals surface area contributed by atoms with Crippen LogP contribution in [0.3, 0.4) is 0 Å². The van der Waals surface area contributed by atoms with E-state index >= 15 is 0 Å². The number of aromatic nitrogens is 2. The van der Waals surface area contributed by atoms with Crippen molar-refractivity contribution >= 4 is 34.8 Å². The van der Waals surface area contributed by atoms with Crippen LogP contribution in [0, 0.1) is 0 Å². The number of rotatable bonds is 5. The minimum atomic E-state index is -4.61. The zero-order valence-corrected chi connectivity index (χ0v) is 18.4. The lowest BCUT2D eigenvalue weighted by Gasteiger charge is -2.33. The Bertz CT molecular complexity index is 1330. The summed E-state index contributed by atoms with van der Waals surface area (Å²) in [6, 6.07) is 8.00. The molecule has 0 aliphatic carbocycles. The number of carbonyl (C=O) groups is 3. The third kappa shape index (κ3) is 4.88. The first kappa shape index (κ1) is 24.0. The minimum Gasteiger partial charge on any atom is -0.478 e. The highest BCUT2D eigenvalue weighted by Gasteiger charge is 2.31. The standard InChI is InChI=1S/C24H21F3N4O4/c1-2-20(32)30-10-4-7-17(13-30)31-19-9-8-15(22(34)35)12-18(19)28-23(31)29-21(33)14-5-3-6-16(11-14)24(25,26)27/h2-3,5-6,8-9,11-12,17H,1,4,7,10,13H2,(H,34,35)(H,28,29,33). The summed E-state index contributed by atoms with van der Waals surface area (Å²) in [5.41, 5.74) is -0.374. The van der Waals surface area contributed by atoms with Crippen molar-refractivity contribution < 1.29 is 32.7 Å². The zero-order chi connectivity index (χ0) is 25.3. The Hall–Kier alpha value is -4.15. The van der Waals surface area contributed by atoms with Crippen LogP contribution in [0.25, 0.3) is 11.0 Å². The Morgan fingerprint density at radius 1 is 1.14 bits per heavy atom. The van der Waals surface area contributed by atoms with E-state index in [1.165, 1.54) is 24.3 Å². The van der Waals surface area contributed by atoms with Gasteiger partial charge in [0.15, 0.2) is 0 Å².